The molecule has 2 aromatic rings. The van der Waals surface area contributed by atoms with Crippen LogP contribution in [0.2, 0.25) is 0 Å². The van der Waals surface area contributed by atoms with Crippen molar-refractivity contribution in [2.75, 3.05) is 0 Å². The summed E-state index contributed by atoms with van der Waals surface area (Å²) >= 11 is 0. The molecule has 1 aliphatic heterocycles. The van der Waals surface area contributed by atoms with E-state index in [4.69, 9.17) is 4.74 Å². The molecule has 0 amide bonds. The Kier molecular flexibility index (Phi) is 3.95. The molecule has 2 aromatic heterocycles. The van der Waals surface area contributed by atoms with Crippen LogP contribution >= 0.6 is 0 Å². The van der Waals surface area contributed by atoms with Crippen molar-refractivity contribution in [2.24, 2.45) is 16.7 Å². The molecule has 0 aliphatic carbocycles. The van der Waals surface area contributed by atoms with E-state index >= 15 is 0 Å². The first kappa shape index (κ1) is 16.4. The number of hydrogen-bond donors (Lipinski definition) is 0. The summed E-state index contributed by atoms with van der Waals surface area (Å²) in [6.45, 7) is 13.8. The van der Waals surface area contributed by atoms with Crippen molar-refractivity contribution >= 4 is 11.2 Å². The van der Waals surface area contributed by atoms with Crippen LogP contribution in [0.15, 0.2) is 18.9 Å². The third kappa shape index (κ3) is 3.39. The highest BCUT2D eigenvalue weighted by Crippen LogP contribution is 2.47. The van der Waals surface area contributed by atoms with Gasteiger partial charge in [0.2, 0.25) is 0 Å². The van der Waals surface area contributed by atoms with Gasteiger partial charge in [0, 0.05) is 0 Å². The first-order chi connectivity index (χ1) is 10.6. The molecule has 0 aromatic carbocycles. The lowest BCUT2D eigenvalue weighted by molar-refractivity contribution is -0.0309. The largest absolute Gasteiger partial charge is 0.354 e. The Labute approximate surface area is 138 Å². The van der Waals surface area contributed by atoms with Crippen molar-refractivity contribution in [3.05, 3.63) is 18.9 Å². The summed E-state index contributed by atoms with van der Waals surface area (Å²) in [5.41, 5.74) is 2.15. The fraction of sp³-hybridized carbons (Fsp3) is 0.722. The van der Waals surface area contributed by atoms with Gasteiger partial charge in [0.25, 0.3) is 0 Å². The van der Waals surface area contributed by atoms with E-state index in [1.807, 2.05) is 6.33 Å². The van der Waals surface area contributed by atoms with Crippen molar-refractivity contribution in [1.29, 1.82) is 0 Å². The van der Waals surface area contributed by atoms with Gasteiger partial charge >= 0.3 is 0 Å². The fourth-order valence-electron chi connectivity index (χ4n) is 3.60. The van der Waals surface area contributed by atoms with Crippen molar-refractivity contribution in [2.45, 2.75) is 66.7 Å². The van der Waals surface area contributed by atoms with Gasteiger partial charge in [-0.15, -0.1) is 0 Å². The van der Waals surface area contributed by atoms with Crippen LogP contribution in [0.3, 0.4) is 0 Å². The van der Waals surface area contributed by atoms with Crippen LogP contribution < -0.4 is 0 Å². The Bertz CT molecular complexity index is 680. The van der Waals surface area contributed by atoms with E-state index < -0.39 is 0 Å². The lowest BCUT2D eigenvalue weighted by Gasteiger charge is -2.33. The highest BCUT2D eigenvalue weighted by molar-refractivity contribution is 5.68. The first-order valence-electron chi connectivity index (χ1n) is 8.43. The lowest BCUT2D eigenvalue weighted by Crippen LogP contribution is -2.31. The van der Waals surface area contributed by atoms with E-state index in [-0.39, 0.29) is 23.2 Å². The van der Waals surface area contributed by atoms with Gasteiger partial charge in [-0.25, -0.2) is 15.0 Å². The van der Waals surface area contributed by atoms with Gasteiger partial charge in [-0.2, -0.15) is 0 Å². The molecule has 1 saturated heterocycles. The van der Waals surface area contributed by atoms with Crippen LogP contribution in [0.1, 0.15) is 60.6 Å². The maximum Gasteiger partial charge on any atom is 0.165 e. The minimum absolute atomic E-state index is 0.00600. The molecule has 0 spiro atoms. The Morgan fingerprint density at radius 3 is 2.57 bits per heavy atom. The molecule has 5 nitrogen and oxygen atoms in total. The lowest BCUT2D eigenvalue weighted by atomic mass is 9.73. The maximum absolute atomic E-state index is 6.49. The average molecular weight is 316 g/mol. The molecule has 126 valence electrons. The topological polar surface area (TPSA) is 52.8 Å². The van der Waals surface area contributed by atoms with Gasteiger partial charge in [0.05, 0.1) is 18.6 Å². The van der Waals surface area contributed by atoms with Gasteiger partial charge in [-0.1, -0.05) is 41.5 Å². The number of ether oxygens (including phenoxy) is 1. The van der Waals surface area contributed by atoms with E-state index in [9.17, 15) is 0 Å². The Hall–Kier alpha value is -1.49. The van der Waals surface area contributed by atoms with Crippen molar-refractivity contribution in [3.8, 4) is 0 Å². The molecule has 3 rings (SSSR count). The Morgan fingerprint density at radius 2 is 1.91 bits per heavy atom. The van der Waals surface area contributed by atoms with E-state index in [1.54, 1.807) is 12.5 Å². The molecular formula is C18H28N4O. The van der Waals surface area contributed by atoms with Gasteiger partial charge < -0.3 is 4.74 Å². The predicted molar refractivity (Wildman–Crippen MR) is 90.9 cm³/mol. The van der Waals surface area contributed by atoms with Gasteiger partial charge in [0.1, 0.15) is 18.1 Å². The van der Waals surface area contributed by atoms with E-state index in [0.717, 1.165) is 24.0 Å². The number of nitrogens with zero attached hydrogens (tertiary/aromatic N) is 4. The fourth-order valence-corrected chi connectivity index (χ4v) is 3.60. The SMILES string of the molecule is CC(C)(C)C[C@H]1O[C@@H](n2cnc3cncnc32)C[C@H]1C(C)(C)C. The van der Waals surface area contributed by atoms with Gasteiger partial charge in [-0.05, 0) is 29.6 Å². The van der Waals surface area contributed by atoms with E-state index in [1.165, 1.54) is 0 Å². The van der Waals surface area contributed by atoms with Crippen LogP contribution in [0, 0.1) is 16.7 Å². The molecule has 5 heteroatoms. The molecule has 0 unspecified atom stereocenters. The first-order valence-corrected chi connectivity index (χ1v) is 8.43. The zero-order valence-electron chi connectivity index (χ0n) is 15.1. The Balaban J connectivity index is 1.90. The van der Waals surface area contributed by atoms with Crippen molar-refractivity contribution < 1.29 is 4.74 Å². The van der Waals surface area contributed by atoms with Gasteiger partial charge in [0.15, 0.2) is 5.65 Å². The molecule has 1 fully saturated rings. The summed E-state index contributed by atoms with van der Waals surface area (Å²) in [6.07, 6.45) is 7.49. The quantitative estimate of drug-likeness (QED) is 0.832. The summed E-state index contributed by atoms with van der Waals surface area (Å²) < 4.78 is 8.56. The second-order valence-corrected chi connectivity index (χ2v) is 8.99. The summed E-state index contributed by atoms with van der Waals surface area (Å²) in [5, 5.41) is 0. The normalized spacial score (nSPS) is 26.1. The molecule has 0 saturated carbocycles. The third-order valence-corrected chi connectivity index (χ3v) is 4.71. The van der Waals surface area contributed by atoms with E-state index in [0.29, 0.717) is 5.92 Å². The standard InChI is InChI=1S/C18H28N4O/c1-17(2,3)8-14-12(18(4,5)6)7-15(23-14)22-11-21-13-9-19-10-20-16(13)22/h9-12,14-15H,7-8H2,1-6H3/t12-,14-,15-/m1/s1. The summed E-state index contributed by atoms with van der Waals surface area (Å²) in [6, 6.07) is 0. The molecule has 1 aliphatic rings. The number of imidazole rings is 1. The number of rotatable bonds is 2. The molecule has 3 atom stereocenters. The molecule has 23 heavy (non-hydrogen) atoms. The third-order valence-electron chi connectivity index (χ3n) is 4.71. The molecule has 0 N–H and O–H groups in total. The predicted octanol–water partition coefficient (Wildman–Crippen LogP) is 4.21. The van der Waals surface area contributed by atoms with E-state index in [2.05, 4.69) is 61.1 Å². The van der Waals surface area contributed by atoms with Crippen LogP contribution in [-0.4, -0.2) is 25.6 Å². The molecule has 0 bridgehead atoms. The maximum atomic E-state index is 6.49. The second kappa shape index (κ2) is 5.55. The number of fused-ring (bicyclic) bond motifs is 1. The molecule has 0 radical (unpaired) electrons. The minimum Gasteiger partial charge on any atom is -0.354 e. The monoisotopic (exact) mass is 316 g/mol. The summed E-state index contributed by atoms with van der Waals surface area (Å²) in [5.74, 6) is 0.519. The minimum atomic E-state index is 0.00600. The average Bonchev–Trinajstić information content (AvgIpc) is 2.99. The van der Waals surface area contributed by atoms with Gasteiger partial charge in [-0.3, -0.25) is 4.57 Å². The highest BCUT2D eigenvalue weighted by atomic mass is 16.5. The number of aromatic nitrogens is 4. The van der Waals surface area contributed by atoms with Crippen LogP contribution in [0.5, 0.6) is 0 Å². The highest BCUT2D eigenvalue weighted by Gasteiger charge is 2.44. The Morgan fingerprint density at radius 1 is 1.17 bits per heavy atom. The zero-order chi connectivity index (χ0) is 16.8. The smallest absolute Gasteiger partial charge is 0.165 e. The van der Waals surface area contributed by atoms with Crippen molar-refractivity contribution in [3.63, 3.8) is 0 Å². The van der Waals surface area contributed by atoms with Crippen LogP contribution in [0.25, 0.3) is 11.2 Å². The molecular weight excluding hydrogens is 288 g/mol. The molecule has 3 heterocycles. The van der Waals surface area contributed by atoms with Crippen LogP contribution in [-0.2, 0) is 4.74 Å². The van der Waals surface area contributed by atoms with Crippen molar-refractivity contribution in [1.82, 2.24) is 19.5 Å². The van der Waals surface area contributed by atoms with Crippen LogP contribution in [0.4, 0.5) is 0 Å². The number of hydrogen-bond acceptors (Lipinski definition) is 4. The summed E-state index contributed by atoms with van der Waals surface area (Å²) in [4.78, 5) is 12.8. The zero-order valence-corrected chi connectivity index (χ0v) is 15.1. The summed E-state index contributed by atoms with van der Waals surface area (Å²) in [7, 11) is 0. The second-order valence-electron chi connectivity index (χ2n) is 8.99.